The summed E-state index contributed by atoms with van der Waals surface area (Å²) in [6.45, 7) is 1.67. The lowest BCUT2D eigenvalue weighted by Crippen LogP contribution is -2.39. The summed E-state index contributed by atoms with van der Waals surface area (Å²) in [6.07, 6.45) is 0. The average molecular weight is 317 g/mol. The number of rotatable bonds is 3. The minimum Gasteiger partial charge on any atom is -0.318 e. The summed E-state index contributed by atoms with van der Waals surface area (Å²) in [5.74, 6) is -3.18. The topological polar surface area (TPSA) is 147 Å². The lowest BCUT2D eigenvalue weighted by Gasteiger charge is -2.04. The van der Waals surface area contributed by atoms with E-state index in [9.17, 15) is 24.5 Å². The number of aromatic nitrogens is 2. The van der Waals surface area contributed by atoms with Gasteiger partial charge in [0.15, 0.2) is 5.69 Å². The predicted octanol–water partition coefficient (Wildman–Crippen LogP) is 0.521. The average Bonchev–Trinajstić information content (AvgIpc) is 2.94. The largest absolute Gasteiger partial charge is 0.318 e. The molecular formula is C13H11N5O5. The Bertz CT molecular complexity index is 798. The number of hydrogen-bond acceptors (Lipinski definition) is 6. The lowest BCUT2D eigenvalue weighted by molar-refractivity contribution is -0.384. The van der Waals surface area contributed by atoms with Gasteiger partial charge in [0, 0.05) is 23.5 Å². The van der Waals surface area contributed by atoms with Crippen LogP contribution in [0, 0.1) is 17.0 Å². The van der Waals surface area contributed by atoms with Crippen LogP contribution < -0.4 is 10.6 Å². The molecule has 0 unspecified atom stereocenters. The zero-order chi connectivity index (χ0) is 17.0. The molecule has 10 nitrogen and oxygen atoms in total. The van der Waals surface area contributed by atoms with E-state index in [0.29, 0.717) is 5.69 Å². The second-order valence-corrected chi connectivity index (χ2v) is 4.48. The number of aromatic amines is 1. The van der Waals surface area contributed by atoms with Gasteiger partial charge in [-0.05, 0) is 19.1 Å². The van der Waals surface area contributed by atoms with Gasteiger partial charge < -0.3 is 5.32 Å². The molecule has 2 rings (SSSR count). The first kappa shape index (κ1) is 15.8. The van der Waals surface area contributed by atoms with Gasteiger partial charge in [0.1, 0.15) is 0 Å². The van der Waals surface area contributed by atoms with Gasteiger partial charge in [0.2, 0.25) is 0 Å². The number of amides is 3. The SMILES string of the molecule is Cc1cc(C(=O)NC(=O)C(=O)Nc2cccc([N+](=O)[O-])c2)n[nH]1. The standard InChI is InChI=1S/C13H11N5O5/c1-7-5-10(17-16-7)11(19)15-13(21)12(20)14-8-3-2-4-9(6-8)18(22)23/h2-6H,1H3,(H,14,20)(H,16,17)(H,15,19,21). The van der Waals surface area contributed by atoms with Crippen molar-refractivity contribution in [2.45, 2.75) is 6.92 Å². The minimum absolute atomic E-state index is 0.0426. The highest BCUT2D eigenvalue weighted by Crippen LogP contribution is 2.16. The van der Waals surface area contributed by atoms with Crippen molar-refractivity contribution in [2.24, 2.45) is 0 Å². The van der Waals surface area contributed by atoms with E-state index in [-0.39, 0.29) is 17.1 Å². The smallest absolute Gasteiger partial charge is 0.316 e. The number of carbonyl (C=O) groups excluding carboxylic acids is 3. The molecule has 3 N–H and O–H groups in total. The molecule has 118 valence electrons. The molecule has 1 heterocycles. The van der Waals surface area contributed by atoms with E-state index in [0.717, 1.165) is 6.07 Å². The minimum atomic E-state index is -1.21. The highest BCUT2D eigenvalue weighted by molar-refractivity contribution is 6.42. The van der Waals surface area contributed by atoms with Gasteiger partial charge in [-0.15, -0.1) is 0 Å². The number of carbonyl (C=O) groups is 3. The molecular weight excluding hydrogens is 306 g/mol. The molecule has 2 aromatic rings. The van der Waals surface area contributed by atoms with Crippen LogP contribution in [0.2, 0.25) is 0 Å². The van der Waals surface area contributed by atoms with E-state index in [4.69, 9.17) is 0 Å². The first-order valence-electron chi connectivity index (χ1n) is 6.30. The number of nitro groups is 1. The van der Waals surface area contributed by atoms with Gasteiger partial charge in [0.25, 0.3) is 11.6 Å². The van der Waals surface area contributed by atoms with Crippen molar-refractivity contribution in [1.82, 2.24) is 15.5 Å². The number of H-pyrrole nitrogens is 1. The Morgan fingerprint density at radius 1 is 1.22 bits per heavy atom. The van der Waals surface area contributed by atoms with Crippen LogP contribution in [0.3, 0.4) is 0 Å². The van der Waals surface area contributed by atoms with E-state index in [2.05, 4.69) is 15.5 Å². The molecule has 0 saturated heterocycles. The number of nitrogens with zero attached hydrogens (tertiary/aromatic N) is 2. The van der Waals surface area contributed by atoms with E-state index >= 15 is 0 Å². The van der Waals surface area contributed by atoms with E-state index in [1.54, 1.807) is 6.92 Å². The third-order valence-corrected chi connectivity index (χ3v) is 2.69. The molecule has 0 radical (unpaired) electrons. The molecule has 0 aliphatic carbocycles. The van der Waals surface area contributed by atoms with Gasteiger partial charge in [-0.25, -0.2) is 0 Å². The van der Waals surface area contributed by atoms with Gasteiger partial charge in [0.05, 0.1) is 4.92 Å². The third kappa shape index (κ3) is 3.97. The van der Waals surface area contributed by atoms with Crippen LogP contribution in [0.5, 0.6) is 0 Å². The van der Waals surface area contributed by atoms with Crippen molar-refractivity contribution in [3.8, 4) is 0 Å². The Labute approximate surface area is 129 Å². The first-order chi connectivity index (χ1) is 10.9. The quantitative estimate of drug-likeness (QED) is 0.427. The molecule has 0 aliphatic rings. The maximum atomic E-state index is 11.7. The third-order valence-electron chi connectivity index (χ3n) is 2.69. The fourth-order valence-corrected chi connectivity index (χ4v) is 1.64. The van der Waals surface area contributed by atoms with Crippen molar-refractivity contribution in [1.29, 1.82) is 0 Å². The molecule has 0 bridgehead atoms. The summed E-state index contributed by atoms with van der Waals surface area (Å²) in [7, 11) is 0. The second kappa shape index (κ2) is 6.47. The van der Waals surface area contributed by atoms with Crippen LogP contribution in [0.15, 0.2) is 30.3 Å². The molecule has 1 aromatic carbocycles. The number of non-ortho nitro benzene ring substituents is 1. The monoisotopic (exact) mass is 317 g/mol. The fourth-order valence-electron chi connectivity index (χ4n) is 1.64. The van der Waals surface area contributed by atoms with Crippen molar-refractivity contribution in [2.75, 3.05) is 5.32 Å². The zero-order valence-corrected chi connectivity index (χ0v) is 11.8. The Hall–Kier alpha value is -3.56. The van der Waals surface area contributed by atoms with Crippen LogP contribution in [0.1, 0.15) is 16.2 Å². The summed E-state index contributed by atoms with van der Waals surface area (Å²) in [5.41, 5.74) is 0.385. The molecule has 0 spiro atoms. The molecule has 0 aliphatic heterocycles. The Morgan fingerprint density at radius 2 is 1.96 bits per heavy atom. The first-order valence-corrected chi connectivity index (χ1v) is 6.30. The number of anilines is 1. The maximum Gasteiger partial charge on any atom is 0.316 e. The Morgan fingerprint density at radius 3 is 2.57 bits per heavy atom. The van der Waals surface area contributed by atoms with Crippen LogP contribution in [-0.4, -0.2) is 32.8 Å². The van der Waals surface area contributed by atoms with Gasteiger partial charge >= 0.3 is 11.8 Å². The second-order valence-electron chi connectivity index (χ2n) is 4.48. The van der Waals surface area contributed by atoms with Gasteiger partial charge in [-0.3, -0.25) is 34.9 Å². The van der Waals surface area contributed by atoms with Crippen LogP contribution >= 0.6 is 0 Å². The summed E-state index contributed by atoms with van der Waals surface area (Å²) in [5, 5.41) is 20.8. The van der Waals surface area contributed by atoms with E-state index in [1.807, 2.05) is 5.32 Å². The van der Waals surface area contributed by atoms with Crippen molar-refractivity contribution >= 4 is 29.1 Å². The lowest BCUT2D eigenvalue weighted by atomic mass is 10.3. The number of hydrogen-bond donors (Lipinski definition) is 3. The van der Waals surface area contributed by atoms with Crippen LogP contribution in [0.25, 0.3) is 0 Å². The molecule has 0 saturated carbocycles. The van der Waals surface area contributed by atoms with Crippen LogP contribution in [0.4, 0.5) is 11.4 Å². The maximum absolute atomic E-state index is 11.7. The molecule has 0 fully saturated rings. The molecule has 10 heteroatoms. The summed E-state index contributed by atoms with van der Waals surface area (Å²) >= 11 is 0. The summed E-state index contributed by atoms with van der Waals surface area (Å²) in [6, 6.07) is 6.45. The normalized spacial score (nSPS) is 9.96. The number of imide groups is 1. The summed E-state index contributed by atoms with van der Waals surface area (Å²) < 4.78 is 0. The number of nitro benzene ring substituents is 1. The van der Waals surface area contributed by atoms with Crippen molar-refractivity contribution < 1.29 is 19.3 Å². The van der Waals surface area contributed by atoms with E-state index < -0.39 is 22.6 Å². The van der Waals surface area contributed by atoms with Crippen molar-refractivity contribution in [3.63, 3.8) is 0 Å². The van der Waals surface area contributed by atoms with Gasteiger partial charge in [-0.2, -0.15) is 5.10 Å². The fraction of sp³-hybridized carbons (Fsp3) is 0.0769. The number of nitrogens with one attached hydrogen (secondary N) is 3. The molecule has 0 atom stereocenters. The van der Waals surface area contributed by atoms with Crippen molar-refractivity contribution in [3.05, 3.63) is 51.8 Å². The number of aryl methyl sites for hydroxylation is 1. The van der Waals surface area contributed by atoms with Crippen LogP contribution in [-0.2, 0) is 9.59 Å². The summed E-state index contributed by atoms with van der Waals surface area (Å²) in [4.78, 5) is 45.0. The number of benzene rings is 1. The Balaban J connectivity index is 2.00. The molecule has 23 heavy (non-hydrogen) atoms. The molecule has 1 aromatic heterocycles. The molecule has 3 amide bonds. The Kier molecular flexibility index (Phi) is 4.45. The highest BCUT2D eigenvalue weighted by atomic mass is 16.6. The van der Waals surface area contributed by atoms with E-state index in [1.165, 1.54) is 24.3 Å². The zero-order valence-electron chi connectivity index (χ0n) is 11.8. The predicted molar refractivity (Wildman–Crippen MR) is 77.5 cm³/mol. The highest BCUT2D eigenvalue weighted by Gasteiger charge is 2.20. The van der Waals surface area contributed by atoms with Gasteiger partial charge in [-0.1, -0.05) is 6.07 Å².